The van der Waals surface area contributed by atoms with E-state index in [-0.39, 0.29) is 5.75 Å². The van der Waals surface area contributed by atoms with Crippen LogP contribution in [-0.2, 0) is 10.2 Å². The van der Waals surface area contributed by atoms with Gasteiger partial charge in [0.15, 0.2) is 0 Å². The van der Waals surface area contributed by atoms with E-state index in [2.05, 4.69) is 0 Å². The van der Waals surface area contributed by atoms with Gasteiger partial charge < -0.3 is 9.90 Å². The topological polar surface area (TPSA) is 37.3 Å². The number of benzene rings is 1. The van der Waals surface area contributed by atoms with Crippen LogP contribution >= 0.6 is 0 Å². The van der Waals surface area contributed by atoms with Gasteiger partial charge in [0, 0.05) is 5.56 Å². The second kappa shape index (κ2) is 2.55. The predicted octanol–water partition coefficient (Wildman–Crippen LogP) is 1.76. The van der Waals surface area contributed by atoms with E-state index in [1.807, 2.05) is 0 Å². The van der Waals surface area contributed by atoms with Gasteiger partial charge in [0.25, 0.3) is 0 Å². The second-order valence-corrected chi connectivity index (χ2v) is 3.44. The standard InChI is InChI=1S/C10H9FO2/c11-7-1-2-9(13)8(5-7)10(6-12)3-4-10/h1-2,5-6,13H,3-4H2. The smallest absolute Gasteiger partial charge is 0.130 e. The van der Waals surface area contributed by atoms with Crippen molar-refractivity contribution in [1.82, 2.24) is 0 Å². The molecule has 0 bridgehead atoms. The van der Waals surface area contributed by atoms with Gasteiger partial charge in [0.1, 0.15) is 17.9 Å². The molecule has 0 unspecified atom stereocenters. The first-order valence-corrected chi connectivity index (χ1v) is 4.13. The highest BCUT2D eigenvalue weighted by Gasteiger charge is 2.46. The molecule has 0 aromatic heterocycles. The molecule has 0 radical (unpaired) electrons. The molecule has 1 aromatic rings. The number of carbonyl (C=O) groups is 1. The second-order valence-electron chi connectivity index (χ2n) is 3.44. The summed E-state index contributed by atoms with van der Waals surface area (Å²) in [4.78, 5) is 10.7. The summed E-state index contributed by atoms with van der Waals surface area (Å²) in [6, 6.07) is 3.70. The summed E-state index contributed by atoms with van der Waals surface area (Å²) in [6.45, 7) is 0. The molecule has 0 spiro atoms. The van der Waals surface area contributed by atoms with Gasteiger partial charge in [-0.2, -0.15) is 0 Å². The van der Waals surface area contributed by atoms with E-state index in [1.165, 1.54) is 18.2 Å². The highest BCUT2D eigenvalue weighted by molar-refractivity contribution is 5.74. The zero-order valence-corrected chi connectivity index (χ0v) is 6.96. The van der Waals surface area contributed by atoms with Gasteiger partial charge in [-0.25, -0.2) is 4.39 Å². The minimum atomic E-state index is -0.605. The minimum Gasteiger partial charge on any atom is -0.508 e. The van der Waals surface area contributed by atoms with Crippen molar-refractivity contribution in [3.63, 3.8) is 0 Å². The number of phenolic OH excluding ortho intramolecular Hbond substituents is 1. The van der Waals surface area contributed by atoms with Gasteiger partial charge in [-0.05, 0) is 31.0 Å². The van der Waals surface area contributed by atoms with Crippen LogP contribution in [0.5, 0.6) is 5.75 Å². The van der Waals surface area contributed by atoms with Gasteiger partial charge in [0.05, 0.1) is 5.41 Å². The minimum absolute atomic E-state index is 0.00556. The van der Waals surface area contributed by atoms with Crippen molar-refractivity contribution < 1.29 is 14.3 Å². The monoisotopic (exact) mass is 180 g/mol. The highest BCUT2D eigenvalue weighted by atomic mass is 19.1. The highest BCUT2D eigenvalue weighted by Crippen LogP contribution is 2.49. The molecule has 1 fully saturated rings. The van der Waals surface area contributed by atoms with Gasteiger partial charge in [-0.15, -0.1) is 0 Å². The lowest BCUT2D eigenvalue weighted by atomic mass is 9.97. The lowest BCUT2D eigenvalue weighted by Crippen LogP contribution is -2.08. The lowest BCUT2D eigenvalue weighted by Gasteiger charge is -2.09. The molecule has 0 saturated heterocycles. The molecule has 1 aromatic carbocycles. The van der Waals surface area contributed by atoms with Gasteiger partial charge in [-0.3, -0.25) is 0 Å². The molecule has 2 rings (SSSR count). The maximum Gasteiger partial charge on any atom is 0.130 e. The molecule has 1 N–H and O–H groups in total. The zero-order chi connectivity index (χ0) is 9.47. The number of carbonyl (C=O) groups excluding carboxylic acids is 1. The van der Waals surface area contributed by atoms with Crippen molar-refractivity contribution >= 4 is 6.29 Å². The lowest BCUT2D eigenvalue weighted by molar-refractivity contribution is -0.109. The Kier molecular flexibility index (Phi) is 1.62. The van der Waals surface area contributed by atoms with E-state index in [1.54, 1.807) is 0 Å². The molecule has 0 amide bonds. The molecule has 0 heterocycles. The van der Waals surface area contributed by atoms with Crippen molar-refractivity contribution in [2.75, 3.05) is 0 Å². The summed E-state index contributed by atoms with van der Waals surface area (Å²) >= 11 is 0. The van der Waals surface area contributed by atoms with Crippen molar-refractivity contribution in [2.45, 2.75) is 18.3 Å². The molecule has 68 valence electrons. The molecule has 0 atom stereocenters. The van der Waals surface area contributed by atoms with Gasteiger partial charge >= 0.3 is 0 Å². The SMILES string of the molecule is O=CC1(c2cc(F)ccc2O)CC1. The molecule has 13 heavy (non-hydrogen) atoms. The maximum atomic E-state index is 12.8. The van der Waals surface area contributed by atoms with Crippen LogP contribution < -0.4 is 0 Å². The van der Waals surface area contributed by atoms with Gasteiger partial charge in [0.2, 0.25) is 0 Å². The Morgan fingerprint density at radius 1 is 1.46 bits per heavy atom. The third-order valence-corrected chi connectivity index (χ3v) is 2.51. The average molecular weight is 180 g/mol. The fraction of sp³-hybridized carbons (Fsp3) is 0.300. The average Bonchev–Trinajstić information content (AvgIpc) is 2.90. The van der Waals surface area contributed by atoms with Crippen molar-refractivity contribution in [3.05, 3.63) is 29.6 Å². The van der Waals surface area contributed by atoms with Crippen LogP contribution in [0.25, 0.3) is 0 Å². The summed E-state index contributed by atoms with van der Waals surface area (Å²) in [6.07, 6.45) is 2.20. The largest absolute Gasteiger partial charge is 0.508 e. The molecular formula is C10H9FO2. The molecule has 3 heteroatoms. The van der Waals surface area contributed by atoms with Crippen LogP contribution in [0, 0.1) is 5.82 Å². The van der Waals surface area contributed by atoms with Gasteiger partial charge in [-0.1, -0.05) is 0 Å². The quantitative estimate of drug-likeness (QED) is 0.704. The Bertz CT molecular complexity index is 356. The Morgan fingerprint density at radius 3 is 2.69 bits per heavy atom. The first-order chi connectivity index (χ1) is 6.18. The molecule has 2 nitrogen and oxygen atoms in total. The Labute approximate surface area is 75.0 Å². The summed E-state index contributed by atoms with van der Waals surface area (Å²) in [5.41, 5.74) is -0.186. The first kappa shape index (κ1) is 8.23. The fourth-order valence-corrected chi connectivity index (χ4v) is 1.49. The Morgan fingerprint density at radius 2 is 2.15 bits per heavy atom. The van der Waals surface area contributed by atoms with Crippen molar-refractivity contribution in [3.8, 4) is 5.75 Å². The van der Waals surface area contributed by atoms with Crippen LogP contribution in [0.1, 0.15) is 18.4 Å². The van der Waals surface area contributed by atoms with Crippen molar-refractivity contribution in [1.29, 1.82) is 0 Å². The number of phenols is 1. The van der Waals surface area contributed by atoms with Crippen LogP contribution in [-0.4, -0.2) is 11.4 Å². The molecule has 1 aliphatic rings. The number of aldehydes is 1. The van der Waals surface area contributed by atoms with E-state index in [4.69, 9.17) is 0 Å². The fourth-order valence-electron chi connectivity index (χ4n) is 1.49. The van der Waals surface area contributed by atoms with Crippen LogP contribution in [0.4, 0.5) is 4.39 Å². The number of rotatable bonds is 2. The maximum absolute atomic E-state index is 12.8. The van der Waals surface area contributed by atoms with E-state index in [0.29, 0.717) is 18.4 Å². The van der Waals surface area contributed by atoms with E-state index in [0.717, 1.165) is 6.29 Å². The molecule has 0 aliphatic heterocycles. The first-order valence-electron chi connectivity index (χ1n) is 4.13. The summed E-state index contributed by atoms with van der Waals surface area (Å²) < 4.78 is 12.8. The Hall–Kier alpha value is -1.38. The number of hydrogen-bond acceptors (Lipinski definition) is 2. The summed E-state index contributed by atoms with van der Waals surface area (Å²) in [7, 11) is 0. The molecule has 1 saturated carbocycles. The summed E-state index contributed by atoms with van der Waals surface area (Å²) in [5, 5.41) is 9.42. The van der Waals surface area contributed by atoms with Crippen LogP contribution in [0.2, 0.25) is 0 Å². The number of aromatic hydroxyl groups is 1. The third-order valence-electron chi connectivity index (χ3n) is 2.51. The summed E-state index contributed by atoms with van der Waals surface area (Å²) in [5.74, 6) is -0.410. The molecule has 1 aliphatic carbocycles. The van der Waals surface area contributed by atoms with Crippen LogP contribution in [0.3, 0.4) is 0 Å². The molecular weight excluding hydrogens is 171 g/mol. The van der Waals surface area contributed by atoms with E-state index < -0.39 is 11.2 Å². The van der Waals surface area contributed by atoms with Crippen LogP contribution in [0.15, 0.2) is 18.2 Å². The van der Waals surface area contributed by atoms with E-state index in [9.17, 15) is 14.3 Å². The third kappa shape index (κ3) is 1.20. The van der Waals surface area contributed by atoms with E-state index >= 15 is 0 Å². The zero-order valence-electron chi connectivity index (χ0n) is 6.96. The van der Waals surface area contributed by atoms with Crippen molar-refractivity contribution in [2.24, 2.45) is 0 Å². The Balaban J connectivity index is 2.50. The predicted molar refractivity (Wildman–Crippen MR) is 45.0 cm³/mol. The normalized spacial score (nSPS) is 18.2. The number of hydrogen-bond donors (Lipinski definition) is 1. The number of halogens is 1.